The third-order valence-corrected chi connectivity index (χ3v) is 3.36. The number of benzene rings is 1. The lowest BCUT2D eigenvalue weighted by Gasteiger charge is -2.24. The van der Waals surface area contributed by atoms with Gasteiger partial charge in [0.15, 0.2) is 0 Å². The van der Waals surface area contributed by atoms with Crippen LogP contribution in [0.5, 0.6) is 5.75 Å². The normalized spacial score (nSPS) is 17.4. The van der Waals surface area contributed by atoms with E-state index in [9.17, 15) is 14.7 Å². The number of aldehydes is 1. The molecule has 0 spiro atoms. The van der Waals surface area contributed by atoms with Crippen LogP contribution in [0.3, 0.4) is 0 Å². The Morgan fingerprint density at radius 2 is 2.06 bits per heavy atom. The predicted molar refractivity (Wildman–Crippen MR) is 61.8 cm³/mol. The van der Waals surface area contributed by atoms with Crippen LogP contribution in [0.1, 0.15) is 41.6 Å². The smallest absolute Gasteiger partial charge is 0.235 e. The van der Waals surface area contributed by atoms with Gasteiger partial charge < -0.3 is 5.11 Å². The maximum Gasteiger partial charge on any atom is 0.235 e. The van der Waals surface area contributed by atoms with Gasteiger partial charge in [0.25, 0.3) is 0 Å². The molecular weight excluding hydrogens is 218 g/mol. The molecule has 88 valence electrons. The highest BCUT2D eigenvalue weighted by Gasteiger charge is 2.37. The van der Waals surface area contributed by atoms with Crippen molar-refractivity contribution in [1.82, 2.24) is 0 Å². The SMILES string of the molecule is O=C=NC1(c2cc(O)ccc2C=O)CCCC1. The minimum absolute atomic E-state index is 0.0815. The van der Waals surface area contributed by atoms with Gasteiger partial charge in [-0.1, -0.05) is 12.8 Å². The summed E-state index contributed by atoms with van der Waals surface area (Å²) in [7, 11) is 0. The molecule has 4 heteroatoms. The molecule has 4 nitrogen and oxygen atoms in total. The van der Waals surface area contributed by atoms with E-state index in [1.165, 1.54) is 12.1 Å². The summed E-state index contributed by atoms with van der Waals surface area (Å²) in [4.78, 5) is 25.5. The van der Waals surface area contributed by atoms with E-state index in [-0.39, 0.29) is 5.75 Å². The van der Waals surface area contributed by atoms with Crippen LogP contribution in [0, 0.1) is 0 Å². The number of isocyanates is 1. The second-order valence-electron chi connectivity index (χ2n) is 4.33. The van der Waals surface area contributed by atoms with Crippen molar-refractivity contribution < 1.29 is 14.7 Å². The summed E-state index contributed by atoms with van der Waals surface area (Å²) in [5.74, 6) is 0.0815. The third-order valence-electron chi connectivity index (χ3n) is 3.36. The highest BCUT2D eigenvalue weighted by molar-refractivity contribution is 5.78. The van der Waals surface area contributed by atoms with Crippen molar-refractivity contribution in [2.75, 3.05) is 0 Å². The standard InChI is InChI=1S/C13H13NO3/c15-8-10-3-4-11(17)7-12(10)13(14-9-16)5-1-2-6-13/h3-4,7-8,17H,1-2,5-6H2. The van der Waals surface area contributed by atoms with Crippen LogP contribution in [0.2, 0.25) is 0 Å². The first-order chi connectivity index (χ1) is 8.22. The van der Waals surface area contributed by atoms with Crippen molar-refractivity contribution in [3.05, 3.63) is 29.3 Å². The molecular formula is C13H13NO3. The molecule has 0 saturated heterocycles. The minimum Gasteiger partial charge on any atom is -0.508 e. The average molecular weight is 231 g/mol. The molecule has 1 aromatic rings. The second kappa shape index (κ2) is 4.52. The highest BCUT2D eigenvalue weighted by Crippen LogP contribution is 2.43. The van der Waals surface area contributed by atoms with Crippen molar-refractivity contribution in [2.45, 2.75) is 31.2 Å². The summed E-state index contributed by atoms with van der Waals surface area (Å²) in [6.07, 6.45) is 5.67. The van der Waals surface area contributed by atoms with Gasteiger partial charge in [-0.15, -0.1) is 0 Å². The lowest BCUT2D eigenvalue weighted by Crippen LogP contribution is -2.20. The topological polar surface area (TPSA) is 66.7 Å². The predicted octanol–water partition coefficient (Wildman–Crippen LogP) is 2.31. The quantitative estimate of drug-likeness (QED) is 0.493. The first-order valence-corrected chi connectivity index (χ1v) is 5.59. The zero-order chi connectivity index (χ0) is 12.3. The molecule has 1 saturated carbocycles. The van der Waals surface area contributed by atoms with E-state index >= 15 is 0 Å². The Labute approximate surface area is 99.0 Å². The molecule has 2 rings (SSSR count). The van der Waals surface area contributed by atoms with Gasteiger partial charge in [0.1, 0.15) is 12.0 Å². The number of nitrogens with zero attached hydrogens (tertiary/aromatic N) is 1. The Bertz CT molecular complexity index is 483. The van der Waals surface area contributed by atoms with E-state index in [4.69, 9.17) is 0 Å². The Morgan fingerprint density at radius 1 is 1.35 bits per heavy atom. The monoisotopic (exact) mass is 231 g/mol. The molecule has 0 amide bonds. The largest absolute Gasteiger partial charge is 0.508 e. The Balaban J connectivity index is 2.60. The van der Waals surface area contributed by atoms with E-state index < -0.39 is 5.54 Å². The lowest BCUT2D eigenvalue weighted by atomic mass is 9.85. The zero-order valence-corrected chi connectivity index (χ0v) is 9.35. The zero-order valence-electron chi connectivity index (χ0n) is 9.35. The van der Waals surface area contributed by atoms with Crippen LogP contribution in [-0.2, 0) is 10.3 Å². The van der Waals surface area contributed by atoms with Gasteiger partial charge in [-0.3, -0.25) is 4.79 Å². The van der Waals surface area contributed by atoms with E-state index in [0.29, 0.717) is 24.0 Å². The van der Waals surface area contributed by atoms with Crippen LogP contribution in [-0.4, -0.2) is 17.5 Å². The fourth-order valence-corrected chi connectivity index (χ4v) is 2.54. The van der Waals surface area contributed by atoms with Crippen molar-refractivity contribution in [3.8, 4) is 5.75 Å². The third kappa shape index (κ3) is 1.99. The number of aliphatic imine (C=N–C) groups is 1. The summed E-state index contributed by atoms with van der Waals surface area (Å²) in [6, 6.07) is 4.54. The second-order valence-corrected chi connectivity index (χ2v) is 4.33. The molecule has 1 fully saturated rings. The van der Waals surface area contributed by atoms with Crippen LogP contribution in [0.4, 0.5) is 0 Å². The molecule has 0 unspecified atom stereocenters. The molecule has 1 N–H and O–H groups in total. The van der Waals surface area contributed by atoms with Crippen molar-refractivity contribution >= 4 is 12.4 Å². The van der Waals surface area contributed by atoms with E-state index in [1.807, 2.05) is 0 Å². The first kappa shape index (κ1) is 11.6. The number of carbonyl (C=O) groups excluding carboxylic acids is 2. The Hall–Kier alpha value is -1.93. The molecule has 17 heavy (non-hydrogen) atoms. The van der Waals surface area contributed by atoms with E-state index in [1.54, 1.807) is 12.1 Å². The Morgan fingerprint density at radius 3 is 2.65 bits per heavy atom. The highest BCUT2D eigenvalue weighted by atomic mass is 16.3. The number of aromatic hydroxyl groups is 1. The van der Waals surface area contributed by atoms with Gasteiger partial charge in [-0.25, -0.2) is 4.79 Å². The molecule has 1 aliphatic carbocycles. The molecule has 0 atom stereocenters. The van der Waals surface area contributed by atoms with Crippen LogP contribution < -0.4 is 0 Å². The van der Waals surface area contributed by atoms with Crippen LogP contribution in [0.25, 0.3) is 0 Å². The van der Waals surface area contributed by atoms with Crippen molar-refractivity contribution in [1.29, 1.82) is 0 Å². The van der Waals surface area contributed by atoms with Gasteiger partial charge in [0.05, 0.1) is 5.54 Å². The first-order valence-electron chi connectivity index (χ1n) is 5.59. The average Bonchev–Trinajstić information content (AvgIpc) is 2.79. The van der Waals surface area contributed by atoms with Crippen LogP contribution >= 0.6 is 0 Å². The molecule has 0 aromatic heterocycles. The number of phenols is 1. The maximum atomic E-state index is 11.0. The van der Waals surface area contributed by atoms with Gasteiger partial charge in [0, 0.05) is 5.56 Å². The molecule has 0 heterocycles. The van der Waals surface area contributed by atoms with Gasteiger partial charge in [-0.05, 0) is 36.6 Å². The van der Waals surface area contributed by atoms with Crippen LogP contribution in [0.15, 0.2) is 23.2 Å². The molecule has 1 aromatic carbocycles. The van der Waals surface area contributed by atoms with Gasteiger partial charge in [0.2, 0.25) is 6.08 Å². The van der Waals surface area contributed by atoms with E-state index in [2.05, 4.69) is 4.99 Å². The number of phenolic OH excluding ortho intramolecular Hbond substituents is 1. The maximum absolute atomic E-state index is 11.0. The fraction of sp³-hybridized carbons (Fsp3) is 0.385. The van der Waals surface area contributed by atoms with Crippen molar-refractivity contribution in [2.24, 2.45) is 4.99 Å². The lowest BCUT2D eigenvalue weighted by molar-refractivity contribution is 0.112. The van der Waals surface area contributed by atoms with Gasteiger partial charge in [-0.2, -0.15) is 4.99 Å². The molecule has 0 aliphatic heterocycles. The molecule has 0 radical (unpaired) electrons. The summed E-state index contributed by atoms with van der Waals surface area (Å²) in [5.41, 5.74) is 0.438. The Kier molecular flexibility index (Phi) is 3.07. The number of hydrogen-bond donors (Lipinski definition) is 1. The van der Waals surface area contributed by atoms with E-state index in [0.717, 1.165) is 19.1 Å². The minimum atomic E-state index is -0.670. The number of rotatable bonds is 3. The summed E-state index contributed by atoms with van der Waals surface area (Å²) in [6.45, 7) is 0. The summed E-state index contributed by atoms with van der Waals surface area (Å²) >= 11 is 0. The summed E-state index contributed by atoms with van der Waals surface area (Å²) < 4.78 is 0. The van der Waals surface area contributed by atoms with Crippen molar-refractivity contribution in [3.63, 3.8) is 0 Å². The molecule has 1 aliphatic rings. The fourth-order valence-electron chi connectivity index (χ4n) is 2.54. The van der Waals surface area contributed by atoms with Gasteiger partial charge >= 0.3 is 0 Å². The summed E-state index contributed by atoms with van der Waals surface area (Å²) in [5, 5.41) is 9.52. The number of carbonyl (C=O) groups is 1. The number of hydrogen-bond acceptors (Lipinski definition) is 4. The molecule has 0 bridgehead atoms.